The fraction of sp³-hybridized carbons (Fsp3) is 0.143. The van der Waals surface area contributed by atoms with Gasteiger partial charge in [-0.15, -0.1) is 0 Å². The molecule has 2 aromatic carbocycles. The first kappa shape index (κ1) is 15.6. The number of rotatable bonds is 5. The van der Waals surface area contributed by atoms with Crippen LogP contribution in [0.4, 0.5) is 5.69 Å². The number of nitrogens with one attached hydrogen (secondary N) is 1. The number of phenols is 1. The SMILES string of the molecule is O=[N+]([O-])c1cccc(CNCc2cc(Cl)cc(Cl)c2O)c1. The van der Waals surface area contributed by atoms with Gasteiger partial charge in [-0.05, 0) is 17.7 Å². The van der Waals surface area contributed by atoms with E-state index in [2.05, 4.69) is 5.32 Å². The number of phenolic OH excluding ortho intramolecular Hbond substituents is 1. The summed E-state index contributed by atoms with van der Waals surface area (Å²) >= 11 is 11.7. The quantitative estimate of drug-likeness (QED) is 0.645. The number of halogens is 2. The lowest BCUT2D eigenvalue weighted by atomic mass is 10.1. The summed E-state index contributed by atoms with van der Waals surface area (Å²) in [5, 5.41) is 24.2. The minimum atomic E-state index is -0.438. The van der Waals surface area contributed by atoms with E-state index in [-0.39, 0.29) is 16.5 Å². The lowest BCUT2D eigenvalue weighted by Gasteiger charge is -2.09. The van der Waals surface area contributed by atoms with Crippen molar-refractivity contribution in [3.05, 3.63) is 67.7 Å². The van der Waals surface area contributed by atoms with Crippen molar-refractivity contribution in [3.8, 4) is 5.75 Å². The Kier molecular flexibility index (Phi) is 5.01. The van der Waals surface area contributed by atoms with Gasteiger partial charge in [-0.2, -0.15) is 0 Å². The lowest BCUT2D eigenvalue weighted by molar-refractivity contribution is -0.384. The second-order valence-electron chi connectivity index (χ2n) is 4.43. The van der Waals surface area contributed by atoms with Crippen molar-refractivity contribution in [2.24, 2.45) is 0 Å². The Labute approximate surface area is 131 Å². The highest BCUT2D eigenvalue weighted by molar-refractivity contribution is 6.35. The molecule has 2 rings (SSSR count). The van der Waals surface area contributed by atoms with E-state index >= 15 is 0 Å². The average molecular weight is 327 g/mol. The third-order valence-corrected chi connectivity index (χ3v) is 3.38. The molecule has 0 bridgehead atoms. The van der Waals surface area contributed by atoms with Gasteiger partial charge in [-0.3, -0.25) is 10.1 Å². The van der Waals surface area contributed by atoms with Gasteiger partial charge in [0, 0.05) is 35.8 Å². The van der Waals surface area contributed by atoms with E-state index in [1.165, 1.54) is 18.2 Å². The number of hydrogen-bond donors (Lipinski definition) is 2. The molecular formula is C14H12Cl2N2O3. The molecule has 0 amide bonds. The monoisotopic (exact) mass is 326 g/mol. The number of aromatic hydroxyl groups is 1. The van der Waals surface area contributed by atoms with Gasteiger partial charge in [0.1, 0.15) is 5.75 Å². The summed E-state index contributed by atoms with van der Waals surface area (Å²) in [5.41, 5.74) is 1.39. The molecule has 0 aliphatic heterocycles. The normalized spacial score (nSPS) is 10.6. The second kappa shape index (κ2) is 6.76. The molecule has 0 unspecified atom stereocenters. The van der Waals surface area contributed by atoms with Crippen LogP contribution in [0.1, 0.15) is 11.1 Å². The van der Waals surface area contributed by atoms with Crippen LogP contribution in [-0.4, -0.2) is 10.0 Å². The molecule has 2 aromatic rings. The van der Waals surface area contributed by atoms with Crippen molar-refractivity contribution in [2.45, 2.75) is 13.1 Å². The van der Waals surface area contributed by atoms with Gasteiger partial charge < -0.3 is 10.4 Å². The van der Waals surface area contributed by atoms with Crippen LogP contribution < -0.4 is 5.32 Å². The molecule has 0 spiro atoms. The molecule has 0 aliphatic carbocycles. The number of nitro benzene ring substituents is 1. The summed E-state index contributed by atoms with van der Waals surface area (Å²) in [6, 6.07) is 9.42. The first-order valence-corrected chi connectivity index (χ1v) is 6.84. The number of hydrogen-bond acceptors (Lipinski definition) is 4. The highest BCUT2D eigenvalue weighted by Gasteiger charge is 2.08. The van der Waals surface area contributed by atoms with E-state index in [0.29, 0.717) is 23.7 Å². The van der Waals surface area contributed by atoms with Crippen LogP contribution in [0, 0.1) is 10.1 Å². The summed E-state index contributed by atoms with van der Waals surface area (Å²) < 4.78 is 0. The Morgan fingerprint density at radius 2 is 1.95 bits per heavy atom. The van der Waals surface area contributed by atoms with Crippen LogP contribution in [0.2, 0.25) is 10.0 Å². The molecule has 0 saturated heterocycles. The van der Waals surface area contributed by atoms with Gasteiger partial charge in [0.05, 0.1) is 9.95 Å². The van der Waals surface area contributed by atoms with Crippen molar-refractivity contribution >= 4 is 28.9 Å². The third kappa shape index (κ3) is 4.07. The van der Waals surface area contributed by atoms with Crippen molar-refractivity contribution in [1.29, 1.82) is 0 Å². The molecule has 0 aromatic heterocycles. The molecule has 7 heteroatoms. The van der Waals surface area contributed by atoms with Gasteiger partial charge >= 0.3 is 0 Å². The largest absolute Gasteiger partial charge is 0.506 e. The molecule has 110 valence electrons. The van der Waals surface area contributed by atoms with Crippen LogP contribution >= 0.6 is 23.2 Å². The molecule has 0 radical (unpaired) electrons. The Morgan fingerprint density at radius 1 is 1.19 bits per heavy atom. The van der Waals surface area contributed by atoms with E-state index in [9.17, 15) is 15.2 Å². The van der Waals surface area contributed by atoms with E-state index in [0.717, 1.165) is 5.56 Å². The van der Waals surface area contributed by atoms with Crippen LogP contribution in [0.5, 0.6) is 5.75 Å². The lowest BCUT2D eigenvalue weighted by Crippen LogP contribution is -2.13. The molecule has 0 saturated carbocycles. The summed E-state index contributed by atoms with van der Waals surface area (Å²) in [6.07, 6.45) is 0. The standard InChI is InChI=1S/C14H12Cl2N2O3/c15-11-5-10(14(19)13(16)6-11)8-17-7-9-2-1-3-12(4-9)18(20)21/h1-6,17,19H,7-8H2. The molecule has 0 fully saturated rings. The van der Waals surface area contributed by atoms with Crippen molar-refractivity contribution in [1.82, 2.24) is 5.32 Å². The minimum absolute atomic E-state index is 0.0207. The Bertz CT molecular complexity index is 677. The zero-order chi connectivity index (χ0) is 15.4. The smallest absolute Gasteiger partial charge is 0.269 e. The third-order valence-electron chi connectivity index (χ3n) is 2.87. The van der Waals surface area contributed by atoms with Crippen LogP contribution in [-0.2, 0) is 13.1 Å². The fourth-order valence-electron chi connectivity index (χ4n) is 1.88. The van der Waals surface area contributed by atoms with Gasteiger partial charge in [0.25, 0.3) is 5.69 Å². The van der Waals surface area contributed by atoms with Gasteiger partial charge in [-0.1, -0.05) is 35.3 Å². The molecule has 2 N–H and O–H groups in total. The number of benzene rings is 2. The molecule has 0 atom stereocenters. The summed E-state index contributed by atoms with van der Waals surface area (Å²) in [5.74, 6) is -0.0207. The summed E-state index contributed by atoms with van der Waals surface area (Å²) in [4.78, 5) is 10.3. The van der Waals surface area contributed by atoms with Crippen LogP contribution in [0.3, 0.4) is 0 Å². The maximum atomic E-state index is 10.7. The summed E-state index contributed by atoms with van der Waals surface area (Å²) in [7, 11) is 0. The Morgan fingerprint density at radius 3 is 2.67 bits per heavy atom. The maximum absolute atomic E-state index is 10.7. The van der Waals surface area contributed by atoms with Gasteiger partial charge in [0.2, 0.25) is 0 Å². The summed E-state index contributed by atoms with van der Waals surface area (Å²) in [6.45, 7) is 0.764. The molecular weight excluding hydrogens is 315 g/mol. The first-order valence-electron chi connectivity index (χ1n) is 6.08. The number of nitro groups is 1. The maximum Gasteiger partial charge on any atom is 0.269 e. The highest BCUT2D eigenvalue weighted by atomic mass is 35.5. The van der Waals surface area contributed by atoms with Crippen LogP contribution in [0.15, 0.2) is 36.4 Å². The molecule has 5 nitrogen and oxygen atoms in total. The topological polar surface area (TPSA) is 75.4 Å². The highest BCUT2D eigenvalue weighted by Crippen LogP contribution is 2.31. The van der Waals surface area contributed by atoms with Gasteiger partial charge in [-0.25, -0.2) is 0 Å². The predicted molar refractivity (Wildman–Crippen MR) is 81.8 cm³/mol. The van der Waals surface area contributed by atoms with E-state index in [4.69, 9.17) is 23.2 Å². The second-order valence-corrected chi connectivity index (χ2v) is 5.27. The predicted octanol–water partition coefficient (Wildman–Crippen LogP) is 3.90. The first-order chi connectivity index (χ1) is 9.97. The van der Waals surface area contributed by atoms with Gasteiger partial charge in [0.15, 0.2) is 0 Å². The number of non-ortho nitro benzene ring substituents is 1. The Hall–Kier alpha value is -1.82. The number of nitrogens with zero attached hydrogens (tertiary/aromatic N) is 1. The van der Waals surface area contributed by atoms with Crippen molar-refractivity contribution in [2.75, 3.05) is 0 Å². The zero-order valence-corrected chi connectivity index (χ0v) is 12.4. The zero-order valence-electron chi connectivity index (χ0n) is 10.8. The average Bonchev–Trinajstić information content (AvgIpc) is 2.44. The fourth-order valence-corrected chi connectivity index (χ4v) is 2.41. The molecule has 0 aliphatic rings. The molecule has 21 heavy (non-hydrogen) atoms. The van der Waals surface area contributed by atoms with Crippen LogP contribution in [0.25, 0.3) is 0 Å². The van der Waals surface area contributed by atoms with E-state index < -0.39 is 4.92 Å². The minimum Gasteiger partial charge on any atom is -0.506 e. The van der Waals surface area contributed by atoms with Crippen molar-refractivity contribution < 1.29 is 10.0 Å². The van der Waals surface area contributed by atoms with Crippen molar-refractivity contribution in [3.63, 3.8) is 0 Å². The molecule has 0 heterocycles. The van der Waals surface area contributed by atoms with E-state index in [1.54, 1.807) is 18.2 Å². The van der Waals surface area contributed by atoms with E-state index in [1.807, 2.05) is 0 Å². The Balaban J connectivity index is 2.02.